The first-order valence-corrected chi connectivity index (χ1v) is 3.80. The molecule has 1 aliphatic heterocycles. The molecule has 0 N–H and O–H groups in total. The molecule has 0 radical (unpaired) electrons. The van der Waals surface area contributed by atoms with Gasteiger partial charge in [-0.1, -0.05) is 6.08 Å². The molecule has 0 aromatic heterocycles. The lowest BCUT2D eigenvalue weighted by atomic mass is 10.0. The number of hydrogen-bond acceptors (Lipinski definition) is 2. The number of allylic oxidation sites excluding steroid dienone is 1. The smallest absolute Gasteiger partial charge is 0.121 e. The molecule has 0 unspecified atom stereocenters. The van der Waals surface area contributed by atoms with Gasteiger partial charge >= 0.3 is 0 Å². The number of nitrogens with zero attached hydrogens (tertiary/aromatic N) is 2. The van der Waals surface area contributed by atoms with Gasteiger partial charge in [-0.05, 0) is 33.3 Å². The lowest BCUT2D eigenvalue weighted by Crippen LogP contribution is -2.13. The Morgan fingerprint density at radius 3 is 2.55 bits per heavy atom. The minimum atomic E-state index is -0.0926. The Labute approximate surface area is 67.8 Å². The zero-order chi connectivity index (χ0) is 8.48. The van der Waals surface area contributed by atoms with Gasteiger partial charge in [0.15, 0.2) is 0 Å². The van der Waals surface area contributed by atoms with Crippen LogP contribution in [0.3, 0.4) is 0 Å². The van der Waals surface area contributed by atoms with E-state index in [-0.39, 0.29) is 5.54 Å². The summed E-state index contributed by atoms with van der Waals surface area (Å²) in [6.45, 7) is 8.12. The van der Waals surface area contributed by atoms with Crippen molar-refractivity contribution in [3.8, 4) is 0 Å². The van der Waals surface area contributed by atoms with E-state index in [2.05, 4.69) is 29.9 Å². The van der Waals surface area contributed by atoms with Crippen LogP contribution in [-0.2, 0) is 0 Å². The van der Waals surface area contributed by atoms with Gasteiger partial charge in [-0.25, -0.2) is 4.99 Å². The summed E-state index contributed by atoms with van der Waals surface area (Å²) in [6, 6.07) is 0. The molecule has 1 heterocycles. The van der Waals surface area contributed by atoms with Crippen molar-refractivity contribution in [3.05, 3.63) is 11.6 Å². The van der Waals surface area contributed by atoms with Crippen LogP contribution >= 0.6 is 0 Å². The summed E-state index contributed by atoms with van der Waals surface area (Å²) in [5.41, 5.74) is 1.08. The van der Waals surface area contributed by atoms with Crippen molar-refractivity contribution in [1.29, 1.82) is 0 Å². The van der Waals surface area contributed by atoms with Crippen LogP contribution < -0.4 is 0 Å². The molecule has 0 fully saturated rings. The topological polar surface area (TPSA) is 24.7 Å². The molecule has 0 aliphatic carbocycles. The van der Waals surface area contributed by atoms with Crippen molar-refractivity contribution in [3.63, 3.8) is 0 Å². The monoisotopic (exact) mass is 150 g/mol. The fourth-order valence-electron chi connectivity index (χ4n) is 1.27. The van der Waals surface area contributed by atoms with E-state index in [1.54, 1.807) is 0 Å². The molecule has 2 nitrogen and oxygen atoms in total. The summed E-state index contributed by atoms with van der Waals surface area (Å²) in [6.07, 6.45) is 3.97. The predicted octanol–water partition coefficient (Wildman–Crippen LogP) is 2.21. The summed E-state index contributed by atoms with van der Waals surface area (Å²) in [4.78, 5) is 8.56. The Balaban J connectivity index is 3.03. The molecule has 60 valence electrons. The Morgan fingerprint density at radius 2 is 1.91 bits per heavy atom. The molecule has 1 rings (SSSR count). The van der Waals surface area contributed by atoms with Crippen molar-refractivity contribution in [1.82, 2.24) is 0 Å². The normalized spacial score (nSPS) is 22.2. The lowest BCUT2D eigenvalue weighted by molar-refractivity contribution is 0.655. The number of rotatable bonds is 0. The second-order valence-corrected chi connectivity index (χ2v) is 3.46. The van der Waals surface area contributed by atoms with Crippen molar-refractivity contribution >= 4 is 12.1 Å². The summed E-state index contributed by atoms with van der Waals surface area (Å²) in [5.74, 6) is 0.850. The van der Waals surface area contributed by atoms with E-state index in [4.69, 9.17) is 0 Å². The van der Waals surface area contributed by atoms with Crippen LogP contribution in [0.4, 0.5) is 0 Å². The van der Waals surface area contributed by atoms with Crippen molar-refractivity contribution in [2.45, 2.75) is 33.2 Å². The quantitative estimate of drug-likeness (QED) is 0.506. The van der Waals surface area contributed by atoms with Gasteiger partial charge in [-0.3, -0.25) is 4.99 Å². The molecule has 0 atom stereocenters. The van der Waals surface area contributed by atoms with Crippen LogP contribution in [0.5, 0.6) is 0 Å². The standard InChI is InChI=1S/C9H14N2/c1-7-5-9(3,4)11-8(2)10-6-7/h5-6H,1-4H3. The highest BCUT2D eigenvalue weighted by Gasteiger charge is 2.14. The van der Waals surface area contributed by atoms with Gasteiger partial charge < -0.3 is 0 Å². The van der Waals surface area contributed by atoms with Crippen molar-refractivity contribution in [2.24, 2.45) is 9.98 Å². The van der Waals surface area contributed by atoms with E-state index in [9.17, 15) is 0 Å². The largest absolute Gasteiger partial charge is 0.261 e. The molecule has 0 bridgehead atoms. The van der Waals surface area contributed by atoms with Crippen LogP contribution in [0.15, 0.2) is 21.6 Å². The fourth-order valence-corrected chi connectivity index (χ4v) is 1.27. The zero-order valence-corrected chi connectivity index (χ0v) is 7.55. The lowest BCUT2D eigenvalue weighted by Gasteiger charge is -2.13. The zero-order valence-electron chi connectivity index (χ0n) is 7.55. The first-order chi connectivity index (χ1) is 4.99. The Hall–Kier alpha value is -0.920. The third-order valence-corrected chi connectivity index (χ3v) is 1.49. The first-order valence-electron chi connectivity index (χ1n) is 3.80. The molecule has 0 saturated heterocycles. The van der Waals surface area contributed by atoms with Gasteiger partial charge in [0, 0.05) is 6.21 Å². The number of aliphatic imine (C=N–C) groups is 2. The molecule has 0 aromatic rings. The van der Waals surface area contributed by atoms with Gasteiger partial charge in [-0.15, -0.1) is 0 Å². The minimum absolute atomic E-state index is 0.0926. The number of hydrogen-bond donors (Lipinski definition) is 0. The van der Waals surface area contributed by atoms with Crippen LogP contribution in [0, 0.1) is 0 Å². The summed E-state index contributed by atoms with van der Waals surface area (Å²) in [5, 5.41) is 0. The van der Waals surface area contributed by atoms with Crippen LogP contribution in [0.1, 0.15) is 27.7 Å². The van der Waals surface area contributed by atoms with E-state index in [0.717, 1.165) is 5.84 Å². The molecule has 0 spiro atoms. The molecule has 0 amide bonds. The molecular formula is C9H14N2. The third kappa shape index (κ3) is 2.30. The second-order valence-electron chi connectivity index (χ2n) is 3.46. The Morgan fingerprint density at radius 1 is 1.27 bits per heavy atom. The van der Waals surface area contributed by atoms with Crippen LogP contribution in [-0.4, -0.2) is 17.6 Å². The highest BCUT2D eigenvalue weighted by molar-refractivity contribution is 5.94. The number of amidine groups is 1. The average Bonchev–Trinajstić information content (AvgIpc) is 1.89. The Kier molecular flexibility index (Phi) is 1.94. The first kappa shape index (κ1) is 8.18. The van der Waals surface area contributed by atoms with Gasteiger partial charge in [-0.2, -0.15) is 0 Å². The van der Waals surface area contributed by atoms with E-state index in [1.165, 1.54) is 5.57 Å². The maximum Gasteiger partial charge on any atom is 0.121 e. The van der Waals surface area contributed by atoms with E-state index in [0.29, 0.717) is 0 Å². The second kappa shape index (κ2) is 2.61. The molecule has 0 aromatic carbocycles. The maximum absolute atomic E-state index is 4.40. The molecule has 11 heavy (non-hydrogen) atoms. The molecule has 2 heteroatoms. The van der Waals surface area contributed by atoms with Crippen molar-refractivity contribution < 1.29 is 0 Å². The van der Waals surface area contributed by atoms with Gasteiger partial charge in [0.2, 0.25) is 0 Å². The summed E-state index contributed by atoms with van der Waals surface area (Å²) < 4.78 is 0. The van der Waals surface area contributed by atoms with Crippen LogP contribution in [0.25, 0.3) is 0 Å². The average molecular weight is 150 g/mol. The SMILES string of the molecule is CC1=CC(C)(C)N=C(C)N=C1. The van der Waals surface area contributed by atoms with Gasteiger partial charge in [0.05, 0.1) is 5.54 Å². The van der Waals surface area contributed by atoms with Gasteiger partial charge in [0.1, 0.15) is 5.84 Å². The Bertz CT molecular complexity index is 220. The summed E-state index contributed by atoms with van der Waals surface area (Å²) >= 11 is 0. The van der Waals surface area contributed by atoms with Crippen LogP contribution in [0.2, 0.25) is 0 Å². The minimum Gasteiger partial charge on any atom is -0.261 e. The summed E-state index contributed by atoms with van der Waals surface area (Å²) in [7, 11) is 0. The van der Waals surface area contributed by atoms with Crippen molar-refractivity contribution in [2.75, 3.05) is 0 Å². The molecule has 1 aliphatic rings. The third-order valence-electron chi connectivity index (χ3n) is 1.49. The maximum atomic E-state index is 4.40. The molecular weight excluding hydrogens is 136 g/mol. The van der Waals surface area contributed by atoms with Gasteiger partial charge in [0.25, 0.3) is 0 Å². The van der Waals surface area contributed by atoms with E-state index >= 15 is 0 Å². The highest BCUT2D eigenvalue weighted by atomic mass is 15.0. The van der Waals surface area contributed by atoms with E-state index in [1.807, 2.05) is 20.1 Å². The van der Waals surface area contributed by atoms with E-state index < -0.39 is 0 Å². The highest BCUT2D eigenvalue weighted by Crippen LogP contribution is 2.15. The predicted molar refractivity (Wildman–Crippen MR) is 49.4 cm³/mol. The fraction of sp³-hybridized carbons (Fsp3) is 0.556. The molecule has 0 saturated carbocycles.